The fourth-order valence-electron chi connectivity index (χ4n) is 1.71. The standard InChI is InChI=1S/C10H9BCl2NO2/c1-5-11-14(5)9(10(15)16)6-2-7(12)4-8(13)3-6/h2-5,9H,1H3,(H,15,16). The van der Waals surface area contributed by atoms with Crippen LogP contribution in [-0.2, 0) is 4.79 Å². The van der Waals surface area contributed by atoms with E-state index in [1.165, 1.54) is 0 Å². The zero-order chi connectivity index (χ0) is 11.9. The van der Waals surface area contributed by atoms with Gasteiger partial charge in [-0.2, -0.15) is 0 Å². The summed E-state index contributed by atoms with van der Waals surface area (Å²) in [6, 6.07) is 4.14. The summed E-state index contributed by atoms with van der Waals surface area (Å²) >= 11 is 11.7. The van der Waals surface area contributed by atoms with Crippen molar-refractivity contribution in [1.29, 1.82) is 0 Å². The maximum absolute atomic E-state index is 11.2. The number of carboxylic acid groups (broad SMARTS) is 1. The van der Waals surface area contributed by atoms with Gasteiger partial charge in [0, 0.05) is 10.0 Å². The first-order chi connectivity index (χ1) is 7.49. The van der Waals surface area contributed by atoms with Crippen molar-refractivity contribution >= 4 is 36.6 Å². The third kappa shape index (κ3) is 2.34. The van der Waals surface area contributed by atoms with Crippen LogP contribution >= 0.6 is 23.2 Å². The summed E-state index contributed by atoms with van der Waals surface area (Å²) in [4.78, 5) is 13.0. The second-order valence-corrected chi connectivity index (χ2v) is 4.65. The highest BCUT2D eigenvalue weighted by atomic mass is 35.5. The van der Waals surface area contributed by atoms with E-state index in [0.29, 0.717) is 15.6 Å². The Balaban J connectivity index is 2.35. The topological polar surface area (TPSA) is 40.3 Å². The fourth-order valence-corrected chi connectivity index (χ4v) is 2.25. The number of nitrogens with zero attached hydrogens (tertiary/aromatic N) is 1. The molecule has 2 rings (SSSR count). The van der Waals surface area contributed by atoms with Gasteiger partial charge < -0.3 is 9.92 Å². The van der Waals surface area contributed by atoms with Crippen molar-refractivity contribution in [1.82, 2.24) is 4.81 Å². The highest BCUT2D eigenvalue weighted by Crippen LogP contribution is 2.33. The van der Waals surface area contributed by atoms with E-state index in [1.807, 2.05) is 14.3 Å². The molecule has 1 aliphatic heterocycles. The summed E-state index contributed by atoms with van der Waals surface area (Å²) in [7, 11) is 1.85. The van der Waals surface area contributed by atoms with Crippen LogP contribution in [-0.4, -0.2) is 29.2 Å². The Hall–Kier alpha value is -0.705. The van der Waals surface area contributed by atoms with Gasteiger partial charge in [0.2, 0.25) is 7.41 Å². The van der Waals surface area contributed by atoms with E-state index in [0.717, 1.165) is 0 Å². The molecule has 3 atom stereocenters. The average molecular weight is 257 g/mol. The van der Waals surface area contributed by atoms with Crippen molar-refractivity contribution in [2.45, 2.75) is 18.9 Å². The van der Waals surface area contributed by atoms with Gasteiger partial charge in [0.1, 0.15) is 6.04 Å². The predicted octanol–water partition coefficient (Wildman–Crippen LogP) is 2.40. The summed E-state index contributed by atoms with van der Waals surface area (Å²) in [5.41, 5.74) is 0.602. The summed E-state index contributed by atoms with van der Waals surface area (Å²) in [6.45, 7) is 1.93. The predicted molar refractivity (Wildman–Crippen MR) is 63.9 cm³/mol. The molecule has 0 aromatic heterocycles. The first kappa shape index (κ1) is 11.8. The van der Waals surface area contributed by atoms with Crippen LogP contribution in [0.25, 0.3) is 0 Å². The van der Waals surface area contributed by atoms with Crippen LogP contribution < -0.4 is 0 Å². The molecule has 16 heavy (non-hydrogen) atoms. The second-order valence-electron chi connectivity index (χ2n) is 3.78. The Labute approximate surface area is 104 Å². The molecule has 0 amide bonds. The molecule has 1 aromatic carbocycles. The monoisotopic (exact) mass is 256 g/mol. The lowest BCUT2D eigenvalue weighted by Gasteiger charge is -2.16. The van der Waals surface area contributed by atoms with Crippen molar-refractivity contribution in [3.05, 3.63) is 33.8 Å². The number of hydrogen-bond acceptors (Lipinski definition) is 2. The summed E-state index contributed by atoms with van der Waals surface area (Å²) in [5.74, 6) is -0.724. The maximum Gasteiger partial charge on any atom is 0.324 e. The van der Waals surface area contributed by atoms with Crippen molar-refractivity contribution in [2.75, 3.05) is 0 Å². The Morgan fingerprint density at radius 2 is 1.94 bits per heavy atom. The molecule has 1 aliphatic rings. The van der Waals surface area contributed by atoms with Crippen LogP contribution in [0.2, 0.25) is 10.0 Å². The number of carbonyl (C=O) groups is 1. The number of halogens is 2. The lowest BCUT2D eigenvalue weighted by molar-refractivity contribution is -0.141. The fraction of sp³-hybridized carbons (Fsp3) is 0.300. The van der Waals surface area contributed by atoms with Gasteiger partial charge in [-0.15, -0.1) is 0 Å². The average Bonchev–Trinajstić information content (AvgIpc) is 2.79. The Kier molecular flexibility index (Phi) is 3.15. The molecule has 1 radical (unpaired) electrons. The van der Waals surface area contributed by atoms with Gasteiger partial charge in [0.05, 0.1) is 0 Å². The van der Waals surface area contributed by atoms with Gasteiger partial charge >= 0.3 is 5.97 Å². The Morgan fingerprint density at radius 1 is 1.44 bits per heavy atom. The first-order valence-electron chi connectivity index (χ1n) is 4.80. The van der Waals surface area contributed by atoms with Crippen LogP contribution in [0.4, 0.5) is 0 Å². The lowest BCUT2D eigenvalue weighted by atomic mass is 10.0. The Bertz CT molecular complexity index is 421. The molecule has 3 nitrogen and oxygen atoms in total. The van der Waals surface area contributed by atoms with E-state index < -0.39 is 12.0 Å². The molecule has 1 saturated heterocycles. The third-order valence-electron chi connectivity index (χ3n) is 2.50. The molecule has 3 unspecified atom stereocenters. The van der Waals surface area contributed by atoms with Crippen LogP contribution in [0.1, 0.15) is 18.5 Å². The number of rotatable bonds is 3. The summed E-state index contributed by atoms with van der Waals surface area (Å²) in [6.07, 6.45) is 0. The highest BCUT2D eigenvalue weighted by Gasteiger charge is 2.42. The van der Waals surface area contributed by atoms with Crippen molar-refractivity contribution in [2.24, 2.45) is 0 Å². The minimum absolute atomic E-state index is 0.179. The number of benzene rings is 1. The smallest absolute Gasteiger partial charge is 0.324 e. The van der Waals surface area contributed by atoms with E-state index in [9.17, 15) is 9.90 Å². The molecule has 1 heterocycles. The van der Waals surface area contributed by atoms with Crippen LogP contribution in [0, 0.1) is 0 Å². The number of carboxylic acids is 1. The third-order valence-corrected chi connectivity index (χ3v) is 2.94. The summed E-state index contributed by atoms with van der Waals surface area (Å²) < 4.78 is 0. The molecular weight excluding hydrogens is 248 g/mol. The largest absolute Gasteiger partial charge is 0.480 e. The van der Waals surface area contributed by atoms with Crippen molar-refractivity contribution in [3.8, 4) is 0 Å². The zero-order valence-electron chi connectivity index (χ0n) is 8.52. The normalized spacial score (nSPS) is 24.7. The van der Waals surface area contributed by atoms with E-state index >= 15 is 0 Å². The quantitative estimate of drug-likeness (QED) is 0.667. The molecule has 0 aliphatic carbocycles. The SMILES string of the molecule is CC1[B]N1C(C(=O)O)c1cc(Cl)cc(Cl)c1. The van der Waals surface area contributed by atoms with E-state index in [-0.39, 0.29) is 5.94 Å². The van der Waals surface area contributed by atoms with E-state index in [1.54, 1.807) is 23.0 Å². The van der Waals surface area contributed by atoms with Crippen molar-refractivity contribution < 1.29 is 9.90 Å². The van der Waals surface area contributed by atoms with Gasteiger partial charge in [-0.3, -0.25) is 4.79 Å². The zero-order valence-corrected chi connectivity index (χ0v) is 10.0. The maximum atomic E-state index is 11.2. The van der Waals surface area contributed by atoms with Gasteiger partial charge in [0.25, 0.3) is 0 Å². The highest BCUT2D eigenvalue weighted by molar-refractivity contribution is 6.46. The van der Waals surface area contributed by atoms with Gasteiger partial charge in [-0.1, -0.05) is 30.1 Å². The molecule has 0 bridgehead atoms. The van der Waals surface area contributed by atoms with Gasteiger partial charge in [0.15, 0.2) is 0 Å². The molecule has 0 spiro atoms. The minimum atomic E-state index is -0.904. The molecule has 1 aromatic rings. The van der Waals surface area contributed by atoms with E-state index in [4.69, 9.17) is 23.2 Å². The second kappa shape index (κ2) is 4.28. The van der Waals surface area contributed by atoms with Gasteiger partial charge in [-0.05, 0) is 29.7 Å². The number of hydrogen-bond donors (Lipinski definition) is 1. The first-order valence-corrected chi connectivity index (χ1v) is 5.56. The number of aliphatic carboxylic acids is 1. The molecular formula is C10H9BCl2NO2. The summed E-state index contributed by atoms with van der Waals surface area (Å²) in [5, 5.41) is 10.1. The molecule has 0 saturated carbocycles. The van der Waals surface area contributed by atoms with Crippen molar-refractivity contribution in [3.63, 3.8) is 0 Å². The van der Waals surface area contributed by atoms with Gasteiger partial charge in [-0.25, -0.2) is 0 Å². The lowest BCUT2D eigenvalue weighted by Crippen LogP contribution is -2.21. The molecule has 1 N–H and O–H groups in total. The van der Waals surface area contributed by atoms with Crippen LogP contribution in [0.5, 0.6) is 0 Å². The molecule has 1 fully saturated rings. The van der Waals surface area contributed by atoms with E-state index in [2.05, 4.69) is 0 Å². The molecule has 83 valence electrons. The Morgan fingerprint density at radius 3 is 2.31 bits per heavy atom. The minimum Gasteiger partial charge on any atom is -0.480 e. The van der Waals surface area contributed by atoms with Crippen LogP contribution in [0.15, 0.2) is 18.2 Å². The molecule has 6 heteroatoms. The van der Waals surface area contributed by atoms with Crippen LogP contribution in [0.3, 0.4) is 0 Å².